The summed E-state index contributed by atoms with van der Waals surface area (Å²) in [6.07, 6.45) is 0. The van der Waals surface area contributed by atoms with Crippen LogP contribution in [0.2, 0.25) is 0 Å². The number of thiazole rings is 2. The van der Waals surface area contributed by atoms with Gasteiger partial charge in [0.1, 0.15) is 10.0 Å². The first-order valence-corrected chi connectivity index (χ1v) is 27.0. The van der Waals surface area contributed by atoms with Crippen LogP contribution in [-0.4, -0.2) is 9.97 Å². The lowest BCUT2D eigenvalue weighted by Gasteiger charge is -2.42. The third-order valence-electron chi connectivity index (χ3n) is 15.5. The minimum atomic E-state index is -0.265. The number of hydrogen-bond acceptors (Lipinski definition) is 6. The van der Waals surface area contributed by atoms with Crippen molar-refractivity contribution in [2.45, 2.75) is 38.5 Å². The van der Waals surface area contributed by atoms with Gasteiger partial charge in [-0.3, -0.25) is 0 Å². The van der Waals surface area contributed by atoms with Gasteiger partial charge in [0, 0.05) is 44.7 Å². The van der Waals surface area contributed by atoms with Crippen molar-refractivity contribution < 1.29 is 0 Å². The lowest BCUT2D eigenvalue weighted by atomic mass is 9.72. The van der Waals surface area contributed by atoms with E-state index in [1.54, 1.807) is 22.7 Å². The average Bonchev–Trinajstić information content (AvgIpc) is 4.21. The lowest BCUT2D eigenvalue weighted by Crippen LogP contribution is -2.30. The zero-order valence-electron chi connectivity index (χ0n) is 41.5. The van der Waals surface area contributed by atoms with Crippen molar-refractivity contribution in [2.24, 2.45) is 0 Å². The molecule has 1 aliphatic heterocycles. The Balaban J connectivity index is 0.784. The molecule has 0 N–H and O–H groups in total. The van der Waals surface area contributed by atoms with Gasteiger partial charge in [-0.15, -0.1) is 22.7 Å². The Morgan fingerprint density at radius 3 is 1.45 bits per heavy atom. The summed E-state index contributed by atoms with van der Waals surface area (Å²) in [5, 5.41) is 2.10. The van der Waals surface area contributed by atoms with Crippen LogP contribution in [0.4, 0.5) is 34.1 Å². The fourth-order valence-corrected chi connectivity index (χ4v) is 13.5. The third-order valence-corrected chi connectivity index (χ3v) is 17.7. The summed E-state index contributed by atoms with van der Waals surface area (Å²) in [6, 6.07) is 84.5. The average molecular weight is 987 g/mol. The first kappa shape index (κ1) is 44.3. The Labute approximate surface area is 440 Å². The van der Waals surface area contributed by atoms with Gasteiger partial charge in [-0.2, -0.15) is 0 Å². The van der Waals surface area contributed by atoms with Crippen LogP contribution < -0.4 is 9.80 Å². The molecule has 0 atom stereocenters. The first-order chi connectivity index (χ1) is 36.2. The summed E-state index contributed by atoms with van der Waals surface area (Å²) in [5.74, 6) is 0. The molecule has 74 heavy (non-hydrogen) atoms. The fraction of sp³-hybridized carbons (Fsp3) is 0.0882. The second-order valence-electron chi connectivity index (χ2n) is 20.6. The molecule has 14 rings (SSSR count). The van der Waals surface area contributed by atoms with E-state index in [0.29, 0.717) is 0 Å². The van der Waals surface area contributed by atoms with Crippen LogP contribution in [0.1, 0.15) is 49.9 Å². The van der Waals surface area contributed by atoms with Crippen molar-refractivity contribution in [1.82, 2.24) is 9.97 Å². The predicted molar refractivity (Wildman–Crippen MR) is 314 cm³/mol. The predicted octanol–water partition coefficient (Wildman–Crippen LogP) is 19.5. The molecule has 2 aliphatic rings. The maximum absolute atomic E-state index is 4.93. The maximum Gasteiger partial charge on any atom is 0.124 e. The van der Waals surface area contributed by atoms with Crippen molar-refractivity contribution in [1.29, 1.82) is 0 Å². The summed E-state index contributed by atoms with van der Waals surface area (Å²) >= 11 is 3.48. The Kier molecular flexibility index (Phi) is 10.2. The van der Waals surface area contributed by atoms with Crippen LogP contribution in [0.3, 0.4) is 0 Å². The standard InChI is InChI=1S/C68H50N4S2/c1-67(2)55-16-8-11-19-61(55)72(62-39-32-48(40-58(62)67)45-24-28-47(29-25-45)66-70-60-18-10-13-21-64(60)74-66)52-36-38-54-53-37-35-51(41-56(53)68(3,4)57(54)42-52)71(49-14-6-5-7-15-49)50-33-30-44(31-34-50)43-22-26-46(27-23-43)65-69-59-17-9-12-20-63(59)73-65/h5-42H,1-4H3. The molecule has 0 unspecified atom stereocenters. The number of para-hydroxylation sites is 4. The molecule has 2 aromatic heterocycles. The van der Waals surface area contributed by atoms with Crippen LogP contribution in [0.5, 0.6) is 0 Å². The molecular formula is C68H50N4S2. The maximum atomic E-state index is 4.93. The lowest BCUT2D eigenvalue weighted by molar-refractivity contribution is 0.632. The molecule has 10 aromatic carbocycles. The molecule has 0 spiro atoms. The molecule has 0 amide bonds. The molecule has 6 heteroatoms. The first-order valence-electron chi connectivity index (χ1n) is 25.4. The highest BCUT2D eigenvalue weighted by atomic mass is 32.1. The third kappa shape index (κ3) is 7.23. The van der Waals surface area contributed by atoms with Crippen LogP contribution in [-0.2, 0) is 10.8 Å². The summed E-state index contributed by atoms with van der Waals surface area (Å²) in [4.78, 5) is 14.7. The Morgan fingerprint density at radius 2 is 0.811 bits per heavy atom. The van der Waals surface area contributed by atoms with Crippen molar-refractivity contribution in [3.63, 3.8) is 0 Å². The topological polar surface area (TPSA) is 32.3 Å². The fourth-order valence-electron chi connectivity index (χ4n) is 11.6. The minimum absolute atomic E-state index is 0.225. The Hall–Kier alpha value is -8.42. The highest BCUT2D eigenvalue weighted by Crippen LogP contribution is 2.56. The van der Waals surface area contributed by atoms with E-state index in [0.717, 1.165) is 49.2 Å². The van der Waals surface area contributed by atoms with Gasteiger partial charge in [0.2, 0.25) is 0 Å². The van der Waals surface area contributed by atoms with E-state index in [1.165, 1.54) is 82.1 Å². The van der Waals surface area contributed by atoms with Gasteiger partial charge in [0.25, 0.3) is 0 Å². The van der Waals surface area contributed by atoms with Gasteiger partial charge in [-0.1, -0.05) is 167 Å². The zero-order chi connectivity index (χ0) is 49.7. The Bertz CT molecular complexity index is 4060. The molecule has 3 heterocycles. The van der Waals surface area contributed by atoms with E-state index in [2.05, 4.69) is 262 Å². The summed E-state index contributed by atoms with van der Waals surface area (Å²) in [7, 11) is 0. The molecule has 1 aliphatic carbocycles. The number of nitrogens with zero attached hydrogens (tertiary/aromatic N) is 4. The summed E-state index contributed by atoms with van der Waals surface area (Å²) in [5.41, 5.74) is 23.5. The number of hydrogen-bond donors (Lipinski definition) is 0. The zero-order valence-corrected chi connectivity index (χ0v) is 43.2. The SMILES string of the molecule is CC1(C)c2cc(N(c3ccccc3)c3ccc(-c4ccc(-c5nc6ccccc6s5)cc4)cc3)ccc2-c2ccc(N3c4ccccc4C(C)(C)c4cc(-c5ccc(-c6nc7ccccc7s6)cc5)ccc43)cc21. The number of fused-ring (bicyclic) bond motifs is 7. The summed E-state index contributed by atoms with van der Waals surface area (Å²) < 4.78 is 2.42. The molecule has 0 radical (unpaired) electrons. The van der Waals surface area contributed by atoms with Crippen LogP contribution in [0.15, 0.2) is 231 Å². The van der Waals surface area contributed by atoms with Gasteiger partial charge in [-0.25, -0.2) is 9.97 Å². The van der Waals surface area contributed by atoms with Crippen molar-refractivity contribution in [2.75, 3.05) is 9.80 Å². The quantitative estimate of drug-likeness (QED) is 0.152. The van der Waals surface area contributed by atoms with E-state index < -0.39 is 0 Å². The van der Waals surface area contributed by atoms with E-state index in [4.69, 9.17) is 9.97 Å². The minimum Gasteiger partial charge on any atom is -0.310 e. The number of aromatic nitrogens is 2. The monoisotopic (exact) mass is 986 g/mol. The van der Waals surface area contributed by atoms with Crippen molar-refractivity contribution in [3.8, 4) is 54.5 Å². The molecule has 0 saturated carbocycles. The largest absolute Gasteiger partial charge is 0.310 e. The molecule has 0 saturated heterocycles. The molecular weight excluding hydrogens is 937 g/mol. The molecule has 0 fully saturated rings. The molecule has 4 nitrogen and oxygen atoms in total. The Morgan fingerprint density at radius 1 is 0.351 bits per heavy atom. The highest BCUT2D eigenvalue weighted by molar-refractivity contribution is 7.22. The van der Waals surface area contributed by atoms with Crippen LogP contribution in [0.25, 0.3) is 75.0 Å². The second kappa shape index (κ2) is 17.1. The van der Waals surface area contributed by atoms with E-state index in [-0.39, 0.29) is 10.8 Å². The van der Waals surface area contributed by atoms with E-state index >= 15 is 0 Å². The van der Waals surface area contributed by atoms with Gasteiger partial charge >= 0.3 is 0 Å². The van der Waals surface area contributed by atoms with Gasteiger partial charge in [-0.05, 0) is 147 Å². The van der Waals surface area contributed by atoms with Crippen LogP contribution >= 0.6 is 22.7 Å². The molecule has 12 aromatic rings. The van der Waals surface area contributed by atoms with E-state index in [1.807, 2.05) is 6.07 Å². The smallest absolute Gasteiger partial charge is 0.124 e. The number of benzene rings is 10. The van der Waals surface area contributed by atoms with Crippen LogP contribution in [0, 0.1) is 0 Å². The highest BCUT2D eigenvalue weighted by Gasteiger charge is 2.40. The van der Waals surface area contributed by atoms with Crippen molar-refractivity contribution in [3.05, 3.63) is 253 Å². The normalized spacial score (nSPS) is 13.9. The molecule has 0 bridgehead atoms. The van der Waals surface area contributed by atoms with Gasteiger partial charge < -0.3 is 9.80 Å². The second-order valence-corrected chi connectivity index (χ2v) is 22.7. The van der Waals surface area contributed by atoms with E-state index in [9.17, 15) is 0 Å². The summed E-state index contributed by atoms with van der Waals surface area (Å²) in [6.45, 7) is 9.54. The van der Waals surface area contributed by atoms with Gasteiger partial charge in [0.05, 0.1) is 31.8 Å². The number of anilines is 6. The number of rotatable bonds is 8. The van der Waals surface area contributed by atoms with Crippen molar-refractivity contribution >= 4 is 77.2 Å². The van der Waals surface area contributed by atoms with Gasteiger partial charge in [0.15, 0.2) is 0 Å². The molecule has 354 valence electrons.